The van der Waals surface area contributed by atoms with Crippen molar-refractivity contribution in [2.45, 2.75) is 37.9 Å². The van der Waals surface area contributed by atoms with Crippen LogP contribution in [0.2, 0.25) is 0 Å². The summed E-state index contributed by atoms with van der Waals surface area (Å²) in [5.41, 5.74) is 4.33. The van der Waals surface area contributed by atoms with Crippen LogP contribution in [-0.2, 0) is 11.0 Å². The Kier molecular flexibility index (Phi) is 7.53. The van der Waals surface area contributed by atoms with Crippen molar-refractivity contribution in [3.05, 3.63) is 35.1 Å². The van der Waals surface area contributed by atoms with E-state index in [4.69, 9.17) is 5.73 Å². The van der Waals surface area contributed by atoms with E-state index < -0.39 is 23.5 Å². The first-order valence-corrected chi connectivity index (χ1v) is 10.5. The molecule has 31 heavy (non-hydrogen) atoms. The predicted molar refractivity (Wildman–Crippen MR) is 107 cm³/mol. The van der Waals surface area contributed by atoms with Crippen LogP contribution in [0.15, 0.2) is 18.2 Å². The minimum atomic E-state index is -4.73. The van der Waals surface area contributed by atoms with Crippen molar-refractivity contribution in [2.75, 3.05) is 39.3 Å². The van der Waals surface area contributed by atoms with Crippen LogP contribution in [0.25, 0.3) is 0 Å². The molecule has 3 N–H and O–H groups in total. The summed E-state index contributed by atoms with van der Waals surface area (Å²) in [6, 6.07) is 2.01. The second kappa shape index (κ2) is 9.95. The summed E-state index contributed by atoms with van der Waals surface area (Å²) >= 11 is 0. The number of carbonyl (C=O) groups excluding carboxylic acids is 2. The van der Waals surface area contributed by atoms with Crippen LogP contribution >= 0.6 is 0 Å². The maximum Gasteiger partial charge on any atom is 0.416 e. The standard InChI is InChI=1S/C21H28F4N4O2/c22-17-10-15(9-16(11-17)21(23,24)25)20(31)27-12-14-1-7-29(8-2-14)19(30)13-28-5-3-18(26)4-6-28/h9-11,14,18H,1-8,12-13,26H2,(H,27,31). The first-order valence-electron chi connectivity index (χ1n) is 10.5. The molecule has 2 aliphatic heterocycles. The third-order valence-corrected chi connectivity index (χ3v) is 6.00. The van der Waals surface area contributed by atoms with Gasteiger partial charge in [-0.25, -0.2) is 4.39 Å². The Labute approximate surface area is 178 Å². The van der Waals surface area contributed by atoms with Crippen molar-refractivity contribution in [3.63, 3.8) is 0 Å². The zero-order valence-corrected chi connectivity index (χ0v) is 17.3. The third kappa shape index (κ3) is 6.64. The first-order chi connectivity index (χ1) is 14.6. The number of hydrogen-bond acceptors (Lipinski definition) is 4. The van der Waals surface area contributed by atoms with E-state index in [1.807, 2.05) is 4.90 Å². The van der Waals surface area contributed by atoms with Crippen LogP contribution in [-0.4, -0.2) is 66.9 Å². The zero-order chi connectivity index (χ0) is 22.6. The zero-order valence-electron chi connectivity index (χ0n) is 17.3. The molecule has 2 saturated heterocycles. The fourth-order valence-corrected chi connectivity index (χ4v) is 4.01. The summed E-state index contributed by atoms with van der Waals surface area (Å²) in [6.07, 6.45) is -1.56. The van der Waals surface area contributed by atoms with Crippen molar-refractivity contribution in [1.82, 2.24) is 15.1 Å². The minimum absolute atomic E-state index is 0.0809. The van der Waals surface area contributed by atoms with Gasteiger partial charge in [0.15, 0.2) is 0 Å². The highest BCUT2D eigenvalue weighted by molar-refractivity contribution is 5.94. The molecule has 2 aliphatic rings. The molecular formula is C21H28F4N4O2. The molecule has 172 valence electrons. The van der Waals surface area contributed by atoms with Crippen LogP contribution in [0.4, 0.5) is 17.6 Å². The average Bonchev–Trinajstić information content (AvgIpc) is 2.73. The topological polar surface area (TPSA) is 78.7 Å². The number of halogens is 4. The molecular weight excluding hydrogens is 416 g/mol. The number of nitrogens with zero attached hydrogens (tertiary/aromatic N) is 2. The van der Waals surface area contributed by atoms with E-state index in [9.17, 15) is 27.2 Å². The molecule has 0 unspecified atom stereocenters. The van der Waals surface area contributed by atoms with Crippen LogP contribution in [0.1, 0.15) is 41.6 Å². The molecule has 3 rings (SSSR count). The van der Waals surface area contributed by atoms with Gasteiger partial charge in [0.2, 0.25) is 5.91 Å². The van der Waals surface area contributed by atoms with Crippen LogP contribution < -0.4 is 11.1 Å². The maximum absolute atomic E-state index is 13.5. The maximum atomic E-state index is 13.5. The molecule has 0 aliphatic carbocycles. The number of alkyl halides is 3. The van der Waals surface area contributed by atoms with E-state index in [0.29, 0.717) is 44.6 Å². The number of nitrogens with one attached hydrogen (secondary N) is 1. The molecule has 0 saturated carbocycles. The summed E-state index contributed by atoms with van der Waals surface area (Å²) in [5, 5.41) is 2.59. The van der Waals surface area contributed by atoms with Crippen molar-refractivity contribution >= 4 is 11.8 Å². The molecule has 0 bridgehead atoms. The van der Waals surface area contributed by atoms with Gasteiger partial charge < -0.3 is 16.0 Å². The number of benzene rings is 1. The van der Waals surface area contributed by atoms with E-state index in [2.05, 4.69) is 10.2 Å². The van der Waals surface area contributed by atoms with Gasteiger partial charge in [-0.3, -0.25) is 14.5 Å². The summed E-state index contributed by atoms with van der Waals surface area (Å²) in [4.78, 5) is 28.6. The fourth-order valence-electron chi connectivity index (χ4n) is 4.01. The van der Waals surface area contributed by atoms with Crippen molar-refractivity contribution < 1.29 is 27.2 Å². The molecule has 0 atom stereocenters. The Morgan fingerprint density at radius 1 is 1.03 bits per heavy atom. The molecule has 0 radical (unpaired) electrons. The molecule has 2 heterocycles. The van der Waals surface area contributed by atoms with Gasteiger partial charge in [-0.2, -0.15) is 13.2 Å². The van der Waals surface area contributed by atoms with Gasteiger partial charge in [-0.05, 0) is 49.8 Å². The van der Waals surface area contributed by atoms with Crippen LogP contribution in [0.5, 0.6) is 0 Å². The third-order valence-electron chi connectivity index (χ3n) is 6.00. The monoisotopic (exact) mass is 444 g/mol. The van der Waals surface area contributed by atoms with Crippen LogP contribution in [0.3, 0.4) is 0 Å². The van der Waals surface area contributed by atoms with E-state index in [1.165, 1.54) is 0 Å². The minimum Gasteiger partial charge on any atom is -0.352 e. The smallest absolute Gasteiger partial charge is 0.352 e. The highest BCUT2D eigenvalue weighted by Crippen LogP contribution is 2.30. The number of likely N-dealkylation sites (tertiary alicyclic amines) is 2. The van der Waals surface area contributed by atoms with E-state index in [0.717, 1.165) is 32.0 Å². The lowest BCUT2D eigenvalue weighted by atomic mass is 9.96. The average molecular weight is 444 g/mol. The van der Waals surface area contributed by atoms with Crippen LogP contribution in [0, 0.1) is 11.7 Å². The number of piperidine rings is 2. The molecule has 2 fully saturated rings. The molecule has 10 heteroatoms. The van der Waals surface area contributed by atoms with Crippen molar-refractivity contribution in [1.29, 1.82) is 0 Å². The Hall–Kier alpha value is -2.20. The van der Waals surface area contributed by atoms with Gasteiger partial charge in [-0.15, -0.1) is 0 Å². The number of nitrogens with two attached hydrogens (primary N) is 1. The summed E-state index contributed by atoms with van der Waals surface area (Å²) < 4.78 is 51.9. The normalized spacial score (nSPS) is 19.5. The van der Waals surface area contributed by atoms with Crippen molar-refractivity contribution in [2.24, 2.45) is 11.7 Å². The second-order valence-corrected chi connectivity index (χ2v) is 8.37. The highest BCUT2D eigenvalue weighted by Gasteiger charge is 2.32. The molecule has 2 amide bonds. The quantitative estimate of drug-likeness (QED) is 0.683. The van der Waals surface area contributed by atoms with Gasteiger partial charge in [-0.1, -0.05) is 0 Å². The molecule has 1 aromatic carbocycles. The Morgan fingerprint density at radius 3 is 2.29 bits per heavy atom. The Morgan fingerprint density at radius 2 is 1.68 bits per heavy atom. The Bertz CT molecular complexity index is 786. The summed E-state index contributed by atoms with van der Waals surface area (Å²) in [7, 11) is 0. The number of rotatable bonds is 5. The summed E-state index contributed by atoms with van der Waals surface area (Å²) in [5.74, 6) is -1.66. The number of hydrogen-bond donors (Lipinski definition) is 2. The molecule has 0 aromatic heterocycles. The number of carbonyl (C=O) groups is 2. The summed E-state index contributed by atoms with van der Waals surface area (Å²) in [6.45, 7) is 3.45. The Balaban J connectivity index is 1.43. The highest BCUT2D eigenvalue weighted by atomic mass is 19.4. The van der Waals surface area contributed by atoms with Gasteiger partial charge in [0.1, 0.15) is 5.82 Å². The van der Waals surface area contributed by atoms with Gasteiger partial charge in [0.05, 0.1) is 12.1 Å². The predicted octanol–water partition coefficient (Wildman–Crippen LogP) is 2.24. The van der Waals surface area contributed by atoms with Crippen molar-refractivity contribution in [3.8, 4) is 0 Å². The van der Waals surface area contributed by atoms with E-state index in [-0.39, 0.29) is 30.0 Å². The SMILES string of the molecule is NC1CCN(CC(=O)N2CCC(CNC(=O)c3cc(F)cc(C(F)(F)F)c3)CC2)CC1. The molecule has 6 nitrogen and oxygen atoms in total. The van der Waals surface area contributed by atoms with E-state index >= 15 is 0 Å². The van der Waals surface area contributed by atoms with Gasteiger partial charge in [0, 0.05) is 44.3 Å². The first kappa shape index (κ1) is 23.5. The fraction of sp³-hybridized carbons (Fsp3) is 0.619. The van der Waals surface area contributed by atoms with Gasteiger partial charge in [0.25, 0.3) is 5.91 Å². The molecule has 0 spiro atoms. The van der Waals surface area contributed by atoms with E-state index in [1.54, 1.807) is 0 Å². The lowest BCUT2D eigenvalue weighted by Crippen LogP contribution is -2.48. The largest absolute Gasteiger partial charge is 0.416 e. The lowest BCUT2D eigenvalue weighted by Gasteiger charge is -2.35. The lowest BCUT2D eigenvalue weighted by molar-refractivity contribution is -0.138. The number of amides is 2. The second-order valence-electron chi connectivity index (χ2n) is 8.37. The van der Waals surface area contributed by atoms with Gasteiger partial charge >= 0.3 is 6.18 Å². The molecule has 1 aromatic rings.